The van der Waals surface area contributed by atoms with Crippen LogP contribution in [0.2, 0.25) is 0 Å². The Kier molecular flexibility index (Phi) is 4.08. The zero-order valence-corrected chi connectivity index (χ0v) is 8.70. The number of benzene rings is 1. The van der Waals surface area contributed by atoms with Gasteiger partial charge in [0.15, 0.2) is 0 Å². The van der Waals surface area contributed by atoms with Gasteiger partial charge in [-0.15, -0.1) is 0 Å². The molecule has 0 aromatic heterocycles. The maximum Gasteiger partial charge on any atom is 0.130 e. The summed E-state index contributed by atoms with van der Waals surface area (Å²) in [7, 11) is 1.71. The van der Waals surface area contributed by atoms with Crippen LogP contribution in [0, 0.1) is 0 Å². The summed E-state index contributed by atoms with van der Waals surface area (Å²) in [5.74, 6) is 0. The molecule has 0 radical (unpaired) electrons. The third-order valence-electron chi connectivity index (χ3n) is 1.72. The van der Waals surface area contributed by atoms with E-state index in [0.29, 0.717) is 5.16 Å². The van der Waals surface area contributed by atoms with Crippen molar-refractivity contribution in [2.75, 3.05) is 7.05 Å². The molecule has 0 saturated heterocycles. The van der Waals surface area contributed by atoms with Gasteiger partial charge in [0.2, 0.25) is 0 Å². The molecule has 1 rings (SSSR count). The second kappa shape index (κ2) is 5.35. The number of halogens is 1. The third-order valence-corrected chi connectivity index (χ3v) is 1.95. The average molecular weight is 207 g/mol. The molecule has 0 aliphatic carbocycles. The first-order valence-corrected chi connectivity index (χ1v) is 4.52. The normalized spacial score (nSPS) is 12.7. The highest BCUT2D eigenvalue weighted by Gasteiger charge is 1.98. The van der Waals surface area contributed by atoms with Crippen LogP contribution in [0.1, 0.15) is 5.56 Å². The zero-order chi connectivity index (χ0) is 10.4. The second-order valence-corrected chi connectivity index (χ2v) is 2.99. The molecular formula is C11H11ClN2. The fourth-order valence-electron chi connectivity index (χ4n) is 1.04. The monoisotopic (exact) mass is 206 g/mol. The highest BCUT2D eigenvalue weighted by atomic mass is 35.5. The summed E-state index contributed by atoms with van der Waals surface area (Å²) in [5, 5.41) is 0.342. The van der Waals surface area contributed by atoms with E-state index in [-0.39, 0.29) is 0 Å². The van der Waals surface area contributed by atoms with Gasteiger partial charge >= 0.3 is 0 Å². The summed E-state index contributed by atoms with van der Waals surface area (Å²) in [4.78, 5) is 7.71. The van der Waals surface area contributed by atoms with Gasteiger partial charge in [0, 0.05) is 13.1 Å². The summed E-state index contributed by atoms with van der Waals surface area (Å²) in [5.41, 5.74) is 1.81. The summed E-state index contributed by atoms with van der Waals surface area (Å²) in [6.45, 7) is 3.34. The summed E-state index contributed by atoms with van der Waals surface area (Å²) >= 11 is 5.74. The largest absolute Gasteiger partial charge is 0.288 e. The lowest BCUT2D eigenvalue weighted by molar-refractivity contribution is 1.42. The maximum atomic E-state index is 5.74. The molecule has 0 N–H and O–H groups in total. The molecule has 0 amide bonds. The van der Waals surface area contributed by atoms with Crippen LogP contribution in [-0.4, -0.2) is 19.5 Å². The number of hydrogen-bond donors (Lipinski definition) is 0. The van der Waals surface area contributed by atoms with Gasteiger partial charge in [0.1, 0.15) is 5.16 Å². The third kappa shape index (κ3) is 2.82. The second-order valence-electron chi connectivity index (χ2n) is 2.60. The maximum absolute atomic E-state index is 5.74. The van der Waals surface area contributed by atoms with Gasteiger partial charge in [0.05, 0.1) is 5.71 Å². The topological polar surface area (TPSA) is 24.7 Å². The van der Waals surface area contributed by atoms with E-state index in [1.165, 1.54) is 0 Å². The molecule has 14 heavy (non-hydrogen) atoms. The molecule has 72 valence electrons. The van der Waals surface area contributed by atoms with E-state index in [4.69, 9.17) is 11.6 Å². The molecule has 0 spiro atoms. The number of nitrogens with zero attached hydrogens (tertiary/aromatic N) is 2. The number of rotatable bonds is 3. The standard InChI is InChI=1S/C11H11ClN2/c1-13-10(8-11(12)14-2)9-6-4-3-5-7-9/h3-8H,2H2,1H3/b11-8-,13-10?. The van der Waals surface area contributed by atoms with E-state index in [2.05, 4.69) is 16.7 Å². The van der Waals surface area contributed by atoms with Crippen molar-refractivity contribution in [2.45, 2.75) is 0 Å². The Hall–Kier alpha value is -1.41. The first-order chi connectivity index (χ1) is 6.77. The number of hydrogen-bond acceptors (Lipinski definition) is 2. The van der Waals surface area contributed by atoms with Gasteiger partial charge in [-0.1, -0.05) is 41.9 Å². The quantitative estimate of drug-likeness (QED) is 0.537. The SMILES string of the molecule is C=N/C(Cl)=C\C(=NC)c1ccccc1. The van der Waals surface area contributed by atoms with E-state index < -0.39 is 0 Å². The van der Waals surface area contributed by atoms with Crippen LogP contribution >= 0.6 is 11.6 Å². The molecule has 0 saturated carbocycles. The van der Waals surface area contributed by atoms with Gasteiger partial charge in [0.25, 0.3) is 0 Å². The minimum absolute atomic E-state index is 0.342. The first-order valence-electron chi connectivity index (χ1n) is 4.14. The summed E-state index contributed by atoms with van der Waals surface area (Å²) < 4.78 is 0. The first kappa shape index (κ1) is 10.7. The number of allylic oxidation sites excluding steroid dienone is 1. The van der Waals surface area contributed by atoms with Crippen molar-refractivity contribution in [3.63, 3.8) is 0 Å². The molecule has 2 nitrogen and oxygen atoms in total. The molecule has 0 bridgehead atoms. The van der Waals surface area contributed by atoms with Crippen molar-refractivity contribution in [3.8, 4) is 0 Å². The predicted molar refractivity (Wildman–Crippen MR) is 62.4 cm³/mol. The van der Waals surface area contributed by atoms with Crippen molar-refractivity contribution in [3.05, 3.63) is 47.1 Å². The molecule has 0 heterocycles. The van der Waals surface area contributed by atoms with Gasteiger partial charge in [-0.3, -0.25) is 9.98 Å². The van der Waals surface area contributed by atoms with Gasteiger partial charge < -0.3 is 0 Å². The average Bonchev–Trinajstić information content (AvgIpc) is 2.26. The van der Waals surface area contributed by atoms with Crippen LogP contribution in [0.25, 0.3) is 0 Å². The lowest BCUT2D eigenvalue weighted by Crippen LogP contribution is -1.96. The van der Waals surface area contributed by atoms with Crippen LogP contribution in [-0.2, 0) is 0 Å². The van der Waals surface area contributed by atoms with E-state index in [0.717, 1.165) is 11.3 Å². The minimum Gasteiger partial charge on any atom is -0.288 e. The molecule has 1 aromatic rings. The highest BCUT2D eigenvalue weighted by molar-refractivity contribution is 6.32. The Morgan fingerprint density at radius 2 is 2.00 bits per heavy atom. The molecule has 0 unspecified atom stereocenters. The Labute approximate surface area is 88.7 Å². The lowest BCUT2D eigenvalue weighted by atomic mass is 10.1. The van der Waals surface area contributed by atoms with E-state index >= 15 is 0 Å². The van der Waals surface area contributed by atoms with Crippen molar-refractivity contribution < 1.29 is 0 Å². The van der Waals surface area contributed by atoms with Gasteiger partial charge in [-0.25, -0.2) is 0 Å². The van der Waals surface area contributed by atoms with Crippen molar-refractivity contribution >= 4 is 24.0 Å². The highest BCUT2D eigenvalue weighted by Crippen LogP contribution is 2.08. The van der Waals surface area contributed by atoms with Crippen molar-refractivity contribution in [1.82, 2.24) is 0 Å². The zero-order valence-electron chi connectivity index (χ0n) is 7.94. The van der Waals surface area contributed by atoms with E-state index in [1.54, 1.807) is 13.1 Å². The van der Waals surface area contributed by atoms with Crippen molar-refractivity contribution in [2.24, 2.45) is 9.98 Å². The molecule has 0 atom stereocenters. The Bertz CT molecular complexity index is 366. The van der Waals surface area contributed by atoms with Crippen LogP contribution in [0.3, 0.4) is 0 Å². The van der Waals surface area contributed by atoms with E-state index in [9.17, 15) is 0 Å². The Balaban J connectivity index is 3.02. The minimum atomic E-state index is 0.342. The van der Waals surface area contributed by atoms with Crippen LogP contribution in [0.15, 0.2) is 51.5 Å². The molecule has 3 heteroatoms. The van der Waals surface area contributed by atoms with Crippen LogP contribution < -0.4 is 0 Å². The fraction of sp³-hybridized carbons (Fsp3) is 0.0909. The summed E-state index contributed by atoms with van der Waals surface area (Å²) in [6.07, 6.45) is 1.68. The van der Waals surface area contributed by atoms with Crippen LogP contribution in [0.4, 0.5) is 0 Å². The smallest absolute Gasteiger partial charge is 0.130 e. The predicted octanol–water partition coefficient (Wildman–Crippen LogP) is 2.89. The molecular weight excluding hydrogens is 196 g/mol. The lowest BCUT2D eigenvalue weighted by Gasteiger charge is -1.99. The molecule has 0 aliphatic heterocycles. The van der Waals surface area contributed by atoms with E-state index in [1.807, 2.05) is 30.3 Å². The molecule has 0 fully saturated rings. The fourth-order valence-corrected chi connectivity index (χ4v) is 1.15. The molecule has 1 aromatic carbocycles. The van der Waals surface area contributed by atoms with Crippen molar-refractivity contribution in [1.29, 1.82) is 0 Å². The summed E-state index contributed by atoms with van der Waals surface area (Å²) in [6, 6.07) is 9.78. The molecule has 0 aliphatic rings. The van der Waals surface area contributed by atoms with Gasteiger partial charge in [-0.2, -0.15) is 0 Å². The van der Waals surface area contributed by atoms with Gasteiger partial charge in [-0.05, 0) is 12.3 Å². The number of aliphatic imine (C=N–C) groups is 2. The Morgan fingerprint density at radius 3 is 2.50 bits per heavy atom. The Morgan fingerprint density at radius 1 is 1.36 bits per heavy atom. The van der Waals surface area contributed by atoms with Crippen LogP contribution in [0.5, 0.6) is 0 Å².